The number of fused-ring (bicyclic) bond motifs is 9. The highest BCUT2D eigenvalue weighted by molar-refractivity contribution is 5.94. The molecule has 12 nitrogen and oxygen atoms in total. The molecule has 236 valence electrons. The first-order valence-electron chi connectivity index (χ1n) is 14.8. The van der Waals surface area contributed by atoms with Gasteiger partial charge in [0.2, 0.25) is 17.7 Å². The first kappa shape index (κ1) is 31.3. The zero-order valence-electron chi connectivity index (χ0n) is 24.9. The van der Waals surface area contributed by atoms with Gasteiger partial charge in [-0.3, -0.25) is 14.4 Å². The average Bonchev–Trinajstić information content (AvgIpc) is 3.01. The lowest BCUT2D eigenvalue weighted by Gasteiger charge is -2.28. The summed E-state index contributed by atoms with van der Waals surface area (Å²) in [4.78, 5) is 52.9. The van der Waals surface area contributed by atoms with Gasteiger partial charge in [0.25, 0.3) is 0 Å². The second-order valence-corrected chi connectivity index (χ2v) is 11.6. The molecule has 8 N–H and O–H groups in total. The molecule has 0 aliphatic carbocycles. The third-order valence-corrected chi connectivity index (χ3v) is 8.35. The van der Waals surface area contributed by atoms with E-state index in [1.807, 2.05) is 6.92 Å². The van der Waals surface area contributed by atoms with Crippen LogP contribution in [0.5, 0.6) is 23.0 Å². The van der Waals surface area contributed by atoms with Crippen LogP contribution in [0, 0.1) is 5.92 Å². The summed E-state index contributed by atoms with van der Waals surface area (Å²) in [5, 5.41) is 40.2. The van der Waals surface area contributed by atoms with Crippen molar-refractivity contribution in [3.8, 4) is 34.1 Å². The number of carbonyl (C=O) groups excluding carboxylic acids is 3. The van der Waals surface area contributed by atoms with Gasteiger partial charge in [-0.1, -0.05) is 38.5 Å². The summed E-state index contributed by atoms with van der Waals surface area (Å²) in [6.45, 7) is 3.64. The number of carboxylic acids is 1. The number of ether oxygens (including phenoxy) is 1. The Morgan fingerprint density at radius 3 is 2.24 bits per heavy atom. The van der Waals surface area contributed by atoms with Crippen molar-refractivity contribution in [1.29, 1.82) is 0 Å². The van der Waals surface area contributed by atoms with Crippen molar-refractivity contribution < 1.29 is 39.2 Å². The third-order valence-electron chi connectivity index (χ3n) is 8.35. The molecule has 0 saturated carbocycles. The minimum Gasteiger partial charge on any atom is -0.507 e. The molecule has 0 spiro atoms. The van der Waals surface area contributed by atoms with Crippen LogP contribution in [0.2, 0.25) is 0 Å². The molecule has 3 heterocycles. The highest BCUT2D eigenvalue weighted by Crippen LogP contribution is 2.44. The van der Waals surface area contributed by atoms with E-state index in [0.717, 1.165) is 0 Å². The maximum absolute atomic E-state index is 13.7. The Hall–Kier alpha value is -5.10. The molecular weight excluding hydrogens is 580 g/mol. The van der Waals surface area contributed by atoms with Gasteiger partial charge in [-0.15, -0.1) is 0 Å². The zero-order chi connectivity index (χ0) is 32.4. The molecule has 0 radical (unpaired) electrons. The Balaban J connectivity index is 1.72. The van der Waals surface area contributed by atoms with Gasteiger partial charge in [0, 0.05) is 24.0 Å². The molecule has 0 saturated heterocycles. The number of amides is 3. The Bertz CT molecular complexity index is 1640. The second-order valence-electron chi connectivity index (χ2n) is 11.6. The minimum absolute atomic E-state index is 0.0290. The van der Waals surface area contributed by atoms with Crippen molar-refractivity contribution in [3.05, 3.63) is 71.3 Å². The Kier molecular flexibility index (Phi) is 8.96. The molecule has 3 amide bonds. The maximum atomic E-state index is 13.7. The number of phenolic OH excluding ortho intramolecular Hbond substituents is 2. The second kappa shape index (κ2) is 12.9. The first-order valence-corrected chi connectivity index (χ1v) is 14.8. The summed E-state index contributed by atoms with van der Waals surface area (Å²) in [7, 11) is 0. The van der Waals surface area contributed by atoms with Crippen LogP contribution in [0.1, 0.15) is 37.0 Å². The fraction of sp³-hybridized carbons (Fsp3) is 0.333. The number of benzene rings is 3. The van der Waals surface area contributed by atoms with Crippen LogP contribution >= 0.6 is 0 Å². The molecule has 6 rings (SSSR count). The largest absolute Gasteiger partial charge is 0.507 e. The molecule has 5 unspecified atom stereocenters. The summed E-state index contributed by atoms with van der Waals surface area (Å²) < 4.78 is 6.06. The lowest BCUT2D eigenvalue weighted by atomic mass is 9.94. The molecule has 3 aliphatic rings. The van der Waals surface area contributed by atoms with Gasteiger partial charge in [0.05, 0.1) is 6.04 Å². The van der Waals surface area contributed by atoms with E-state index in [1.165, 1.54) is 12.1 Å². The van der Waals surface area contributed by atoms with Gasteiger partial charge in [0.1, 0.15) is 29.6 Å². The van der Waals surface area contributed by atoms with Crippen molar-refractivity contribution in [2.75, 3.05) is 0 Å². The number of carbonyl (C=O) groups is 4. The summed E-state index contributed by atoms with van der Waals surface area (Å²) in [5.74, 6) is -3.67. The smallest absolute Gasteiger partial charge is 0.326 e. The van der Waals surface area contributed by atoms with Crippen molar-refractivity contribution in [3.63, 3.8) is 0 Å². The Morgan fingerprint density at radius 2 is 1.56 bits per heavy atom. The first-order chi connectivity index (χ1) is 21.4. The highest BCUT2D eigenvalue weighted by Gasteiger charge is 2.34. The average molecular weight is 617 g/mol. The fourth-order valence-electron chi connectivity index (χ4n) is 5.54. The summed E-state index contributed by atoms with van der Waals surface area (Å²) in [6.07, 6.45) is 0.396. The Morgan fingerprint density at radius 1 is 0.867 bits per heavy atom. The predicted molar refractivity (Wildman–Crippen MR) is 164 cm³/mol. The molecule has 3 aromatic rings. The number of nitrogens with one attached hydrogen (secondary N) is 3. The SMILES string of the molecule is CCC(C)C1NC(=O)C(N)Cc2ccc(O)c(c2)-c2cc3cc(c2O)Oc2ccc(cc2)CC(C(=O)O)NC(=O)C(C3)NC1=O. The number of aliphatic carboxylic acids is 1. The van der Waals surface area contributed by atoms with Gasteiger partial charge in [-0.05, 0) is 65.4 Å². The number of hydrogen-bond donors (Lipinski definition) is 7. The van der Waals surface area contributed by atoms with Crippen LogP contribution < -0.4 is 26.4 Å². The zero-order valence-corrected chi connectivity index (χ0v) is 24.9. The normalized spacial score (nSPS) is 22.6. The van der Waals surface area contributed by atoms with Crippen LogP contribution in [0.4, 0.5) is 0 Å². The van der Waals surface area contributed by atoms with Crippen molar-refractivity contribution in [2.24, 2.45) is 11.7 Å². The number of carboxylic acid groups (broad SMARTS) is 1. The number of hydrogen-bond acceptors (Lipinski definition) is 8. The summed E-state index contributed by atoms with van der Waals surface area (Å²) in [6, 6.07) is 9.54. The minimum atomic E-state index is -1.31. The van der Waals surface area contributed by atoms with Crippen molar-refractivity contribution in [2.45, 2.75) is 63.7 Å². The van der Waals surface area contributed by atoms with Gasteiger partial charge in [-0.25, -0.2) is 4.79 Å². The number of nitrogens with two attached hydrogens (primary N) is 1. The standard InChI is InChI=1S/C33H36N4O8/c1-3-16(2)28-32(42)35-24-14-19-11-22(21-10-18(6-9-26(21)38)12-23(34)30(40)37-28)29(39)27(15-19)45-20-7-4-17(5-8-20)13-25(33(43)44)36-31(24)41/h4-11,15-16,23-25,28,38-39H,3,12-14,34H2,1-2H3,(H,35,42)(H,36,41)(H,37,40)(H,43,44). The number of aromatic hydroxyl groups is 2. The number of rotatable bonds is 3. The van der Waals surface area contributed by atoms with E-state index >= 15 is 0 Å². The summed E-state index contributed by atoms with van der Waals surface area (Å²) >= 11 is 0. The van der Waals surface area contributed by atoms with Crippen molar-refractivity contribution >= 4 is 23.7 Å². The highest BCUT2D eigenvalue weighted by atomic mass is 16.5. The van der Waals surface area contributed by atoms with Crippen LogP contribution in [-0.2, 0) is 38.4 Å². The van der Waals surface area contributed by atoms with Gasteiger partial charge >= 0.3 is 5.97 Å². The molecule has 3 aromatic carbocycles. The topological polar surface area (TPSA) is 200 Å². The van der Waals surface area contributed by atoms with Crippen LogP contribution in [0.3, 0.4) is 0 Å². The molecule has 5 atom stereocenters. The lowest BCUT2D eigenvalue weighted by molar-refractivity contribution is -0.142. The van der Waals surface area contributed by atoms with Gasteiger partial charge < -0.3 is 41.7 Å². The maximum Gasteiger partial charge on any atom is 0.326 e. The van der Waals surface area contributed by atoms with Gasteiger partial charge in [0.15, 0.2) is 11.5 Å². The van der Waals surface area contributed by atoms with E-state index in [2.05, 4.69) is 16.0 Å². The van der Waals surface area contributed by atoms with Crippen molar-refractivity contribution in [1.82, 2.24) is 16.0 Å². The molecule has 8 bridgehead atoms. The molecule has 0 fully saturated rings. The third kappa shape index (κ3) is 6.86. The molecule has 45 heavy (non-hydrogen) atoms. The monoisotopic (exact) mass is 616 g/mol. The van der Waals surface area contributed by atoms with E-state index in [0.29, 0.717) is 28.9 Å². The van der Waals surface area contributed by atoms with Gasteiger partial charge in [-0.2, -0.15) is 0 Å². The fourth-order valence-corrected chi connectivity index (χ4v) is 5.54. The summed E-state index contributed by atoms with van der Waals surface area (Å²) in [5.41, 5.74) is 8.28. The Labute approximate surface area is 259 Å². The van der Waals surface area contributed by atoms with E-state index < -0.39 is 47.9 Å². The van der Waals surface area contributed by atoms with E-state index in [1.54, 1.807) is 49.4 Å². The van der Waals surface area contributed by atoms with E-state index in [4.69, 9.17) is 10.5 Å². The lowest BCUT2D eigenvalue weighted by Crippen LogP contribution is -2.59. The quantitative estimate of drug-likeness (QED) is 0.230. The van der Waals surface area contributed by atoms with E-state index in [9.17, 15) is 34.5 Å². The van der Waals surface area contributed by atoms with Crippen LogP contribution in [0.25, 0.3) is 11.1 Å². The molecular formula is C33H36N4O8. The number of phenols is 2. The van der Waals surface area contributed by atoms with Crippen LogP contribution in [0.15, 0.2) is 54.6 Å². The molecule has 12 heteroatoms. The molecule has 0 aromatic heterocycles. The van der Waals surface area contributed by atoms with E-state index in [-0.39, 0.29) is 53.6 Å². The molecule has 3 aliphatic heterocycles. The predicted octanol–water partition coefficient (Wildman–Crippen LogP) is 2.12. The van der Waals surface area contributed by atoms with Crippen LogP contribution in [-0.4, -0.2) is 63.2 Å².